The number of hydrogen-bond acceptors (Lipinski definition) is 3. The molecule has 0 spiro atoms. The molecule has 0 saturated carbocycles. The molecule has 0 aliphatic heterocycles. The van der Waals surface area contributed by atoms with E-state index in [2.05, 4.69) is 21.2 Å². The number of thioether (sulfide) groups is 1. The van der Waals surface area contributed by atoms with Gasteiger partial charge in [0.2, 0.25) is 5.91 Å². The Morgan fingerprint density at radius 1 is 1.19 bits per heavy atom. The molecule has 2 rings (SSSR count). The van der Waals surface area contributed by atoms with Crippen LogP contribution >= 0.6 is 39.3 Å². The second kappa shape index (κ2) is 10.7. The van der Waals surface area contributed by atoms with E-state index in [1.165, 1.54) is 0 Å². The van der Waals surface area contributed by atoms with Crippen molar-refractivity contribution in [1.82, 2.24) is 10.2 Å². The number of amides is 2. The summed E-state index contributed by atoms with van der Waals surface area (Å²) in [6.07, 6.45) is 2.53. The van der Waals surface area contributed by atoms with Gasteiger partial charge in [-0.1, -0.05) is 51.8 Å². The molecule has 0 fully saturated rings. The van der Waals surface area contributed by atoms with Crippen LogP contribution in [-0.4, -0.2) is 41.8 Å². The molecular formula is C20H22BrClN2O2S. The lowest BCUT2D eigenvalue weighted by Gasteiger charge is -2.25. The van der Waals surface area contributed by atoms with Crippen LogP contribution in [-0.2, 0) is 11.3 Å². The van der Waals surface area contributed by atoms with Gasteiger partial charge in [-0.05, 0) is 48.3 Å². The lowest BCUT2D eigenvalue weighted by molar-refractivity contribution is -0.132. The Kier molecular flexibility index (Phi) is 8.67. The molecule has 4 nitrogen and oxygen atoms in total. The van der Waals surface area contributed by atoms with Crippen LogP contribution in [0, 0.1) is 0 Å². The SMILES string of the molecule is CSCCC(NC(=O)c1ccccc1Cl)C(=O)N(C)Cc1ccc(Br)cc1. The van der Waals surface area contributed by atoms with Gasteiger partial charge in [-0.25, -0.2) is 0 Å². The zero-order chi connectivity index (χ0) is 19.8. The van der Waals surface area contributed by atoms with Gasteiger partial charge < -0.3 is 10.2 Å². The highest BCUT2D eigenvalue weighted by Crippen LogP contribution is 2.16. The summed E-state index contributed by atoms with van der Waals surface area (Å²) in [5.41, 5.74) is 1.40. The monoisotopic (exact) mass is 468 g/mol. The minimum Gasteiger partial charge on any atom is -0.340 e. The molecule has 7 heteroatoms. The molecule has 2 aromatic carbocycles. The first-order valence-electron chi connectivity index (χ1n) is 8.46. The number of benzene rings is 2. The second-order valence-electron chi connectivity index (χ2n) is 6.11. The third kappa shape index (κ3) is 6.55. The van der Waals surface area contributed by atoms with Crippen molar-refractivity contribution >= 4 is 51.1 Å². The van der Waals surface area contributed by atoms with Crippen LogP contribution in [0.2, 0.25) is 5.02 Å². The number of nitrogens with zero attached hydrogens (tertiary/aromatic N) is 1. The van der Waals surface area contributed by atoms with E-state index >= 15 is 0 Å². The highest BCUT2D eigenvalue weighted by atomic mass is 79.9. The zero-order valence-corrected chi connectivity index (χ0v) is 18.4. The maximum atomic E-state index is 12.9. The normalized spacial score (nSPS) is 11.7. The molecule has 27 heavy (non-hydrogen) atoms. The third-order valence-corrected chi connectivity index (χ3v) is 5.54. The van der Waals surface area contributed by atoms with Gasteiger partial charge in [-0.2, -0.15) is 11.8 Å². The molecule has 0 saturated heterocycles. The highest BCUT2D eigenvalue weighted by molar-refractivity contribution is 9.10. The summed E-state index contributed by atoms with van der Waals surface area (Å²) in [5, 5.41) is 3.22. The largest absolute Gasteiger partial charge is 0.340 e. The van der Waals surface area contributed by atoms with Crippen LogP contribution in [0.4, 0.5) is 0 Å². The number of halogens is 2. The van der Waals surface area contributed by atoms with Crippen molar-refractivity contribution in [2.45, 2.75) is 19.0 Å². The quantitative estimate of drug-likeness (QED) is 0.614. The molecule has 2 amide bonds. The smallest absolute Gasteiger partial charge is 0.253 e. The summed E-state index contributed by atoms with van der Waals surface area (Å²) in [6, 6.07) is 14.0. The molecule has 0 bridgehead atoms. The van der Waals surface area contributed by atoms with Gasteiger partial charge in [0, 0.05) is 18.1 Å². The van der Waals surface area contributed by atoms with E-state index in [1.807, 2.05) is 30.5 Å². The molecule has 1 atom stereocenters. The maximum Gasteiger partial charge on any atom is 0.253 e. The number of nitrogens with one attached hydrogen (secondary N) is 1. The minimum atomic E-state index is -0.596. The van der Waals surface area contributed by atoms with Crippen LogP contribution in [0.15, 0.2) is 53.0 Å². The average molecular weight is 470 g/mol. The molecule has 2 aromatic rings. The van der Waals surface area contributed by atoms with E-state index in [-0.39, 0.29) is 11.8 Å². The molecular weight excluding hydrogens is 448 g/mol. The Balaban J connectivity index is 2.09. The van der Waals surface area contributed by atoms with Crippen molar-refractivity contribution in [2.75, 3.05) is 19.1 Å². The summed E-state index contributed by atoms with van der Waals surface area (Å²) in [4.78, 5) is 27.2. The molecule has 0 radical (unpaired) electrons. The topological polar surface area (TPSA) is 49.4 Å². The van der Waals surface area contributed by atoms with Gasteiger partial charge in [0.1, 0.15) is 6.04 Å². The number of hydrogen-bond donors (Lipinski definition) is 1. The predicted molar refractivity (Wildman–Crippen MR) is 116 cm³/mol. The van der Waals surface area contributed by atoms with E-state index in [0.717, 1.165) is 15.8 Å². The van der Waals surface area contributed by atoms with E-state index < -0.39 is 6.04 Å². The molecule has 0 aromatic heterocycles. The van der Waals surface area contributed by atoms with Gasteiger partial charge in [-0.3, -0.25) is 9.59 Å². The fraction of sp³-hybridized carbons (Fsp3) is 0.300. The number of rotatable bonds is 8. The van der Waals surface area contributed by atoms with E-state index in [4.69, 9.17) is 11.6 Å². The Labute approximate surface area is 177 Å². The van der Waals surface area contributed by atoms with E-state index in [9.17, 15) is 9.59 Å². The van der Waals surface area contributed by atoms with Crippen LogP contribution < -0.4 is 5.32 Å². The Bertz CT molecular complexity index is 786. The van der Waals surface area contributed by atoms with Crippen LogP contribution in [0.25, 0.3) is 0 Å². The second-order valence-corrected chi connectivity index (χ2v) is 8.42. The van der Waals surface area contributed by atoms with Crippen molar-refractivity contribution in [1.29, 1.82) is 0 Å². The number of carbonyl (C=O) groups is 2. The van der Waals surface area contributed by atoms with Gasteiger partial charge in [0.15, 0.2) is 0 Å². The van der Waals surface area contributed by atoms with E-state index in [0.29, 0.717) is 23.6 Å². The predicted octanol–water partition coefficient (Wildman–Crippen LogP) is 4.61. The van der Waals surface area contributed by atoms with Crippen molar-refractivity contribution in [3.63, 3.8) is 0 Å². The fourth-order valence-electron chi connectivity index (χ4n) is 2.58. The summed E-state index contributed by atoms with van der Waals surface area (Å²) in [5.74, 6) is 0.315. The highest BCUT2D eigenvalue weighted by Gasteiger charge is 2.25. The Hall–Kier alpha value is -1.50. The van der Waals surface area contributed by atoms with E-state index in [1.54, 1.807) is 48.0 Å². The molecule has 0 heterocycles. The summed E-state index contributed by atoms with van der Waals surface area (Å²) >= 11 is 11.1. The first-order chi connectivity index (χ1) is 12.9. The Morgan fingerprint density at radius 2 is 1.85 bits per heavy atom. The molecule has 0 aliphatic carbocycles. The third-order valence-electron chi connectivity index (χ3n) is 4.04. The summed E-state index contributed by atoms with van der Waals surface area (Å²) < 4.78 is 0.991. The fourth-order valence-corrected chi connectivity index (χ4v) is 3.54. The summed E-state index contributed by atoms with van der Waals surface area (Å²) in [6.45, 7) is 0.476. The van der Waals surface area contributed by atoms with Crippen LogP contribution in [0.1, 0.15) is 22.3 Å². The lowest BCUT2D eigenvalue weighted by atomic mass is 10.1. The van der Waals surface area contributed by atoms with Gasteiger partial charge >= 0.3 is 0 Å². The molecule has 1 N–H and O–H groups in total. The van der Waals surface area contributed by atoms with Gasteiger partial charge in [0.05, 0.1) is 10.6 Å². The first-order valence-corrected chi connectivity index (χ1v) is 11.0. The van der Waals surface area contributed by atoms with Crippen molar-refractivity contribution in [3.8, 4) is 0 Å². The zero-order valence-electron chi connectivity index (χ0n) is 15.2. The first kappa shape index (κ1) is 21.8. The van der Waals surface area contributed by atoms with Crippen LogP contribution in [0.5, 0.6) is 0 Å². The van der Waals surface area contributed by atoms with Crippen LogP contribution in [0.3, 0.4) is 0 Å². The van der Waals surface area contributed by atoms with Gasteiger partial charge in [-0.15, -0.1) is 0 Å². The molecule has 144 valence electrons. The minimum absolute atomic E-state index is 0.118. The number of carbonyl (C=O) groups excluding carboxylic acids is 2. The van der Waals surface area contributed by atoms with Crippen molar-refractivity contribution in [3.05, 3.63) is 69.2 Å². The van der Waals surface area contributed by atoms with Gasteiger partial charge in [0.25, 0.3) is 5.91 Å². The average Bonchev–Trinajstić information content (AvgIpc) is 2.66. The standard InChI is InChI=1S/C20H22BrClN2O2S/c1-24(13-14-7-9-15(21)10-8-14)20(26)18(11-12-27-2)23-19(25)16-5-3-4-6-17(16)22/h3-10,18H,11-13H2,1-2H3,(H,23,25). The Morgan fingerprint density at radius 3 is 2.48 bits per heavy atom. The molecule has 1 unspecified atom stereocenters. The van der Waals surface area contributed by atoms with Crippen molar-refractivity contribution in [2.24, 2.45) is 0 Å². The maximum absolute atomic E-state index is 12.9. The number of likely N-dealkylation sites (N-methyl/N-ethyl adjacent to an activating group) is 1. The summed E-state index contributed by atoms with van der Waals surface area (Å²) in [7, 11) is 1.75. The molecule has 0 aliphatic rings. The van der Waals surface area contributed by atoms with Crippen molar-refractivity contribution < 1.29 is 9.59 Å². The lowest BCUT2D eigenvalue weighted by Crippen LogP contribution is -2.47.